The van der Waals surface area contributed by atoms with Crippen molar-refractivity contribution in [3.63, 3.8) is 0 Å². The number of rotatable bonds is 9. The summed E-state index contributed by atoms with van der Waals surface area (Å²) >= 11 is 0. The number of nitrogens with zero attached hydrogens (tertiary/aromatic N) is 4. The highest BCUT2D eigenvalue weighted by atomic mass is 19.4. The first-order valence-electron chi connectivity index (χ1n) is 17.0. The number of hydrazine groups is 1. The van der Waals surface area contributed by atoms with Gasteiger partial charge in [0.1, 0.15) is 23.6 Å². The van der Waals surface area contributed by atoms with Crippen molar-refractivity contribution < 1.29 is 59.3 Å². The first-order valence-corrected chi connectivity index (χ1v) is 17.0. The molecular weight excluding hydrogens is 734 g/mol. The molecule has 0 unspecified atom stereocenters. The van der Waals surface area contributed by atoms with Crippen LogP contribution in [0.3, 0.4) is 0 Å². The third kappa shape index (κ3) is 7.72. The van der Waals surface area contributed by atoms with Crippen LogP contribution in [0.15, 0.2) is 60.0 Å². The van der Waals surface area contributed by atoms with E-state index >= 15 is 8.78 Å². The zero-order valence-electron chi connectivity index (χ0n) is 28.8. The van der Waals surface area contributed by atoms with E-state index in [1.165, 1.54) is 24.2 Å². The van der Waals surface area contributed by atoms with Gasteiger partial charge in [0.2, 0.25) is 5.82 Å². The van der Waals surface area contributed by atoms with E-state index in [-0.39, 0.29) is 47.6 Å². The lowest BCUT2D eigenvalue weighted by molar-refractivity contribution is -0.163. The van der Waals surface area contributed by atoms with Gasteiger partial charge in [0.05, 0.1) is 30.9 Å². The molecular formula is C36H35F8N5O5. The van der Waals surface area contributed by atoms with E-state index in [1.54, 1.807) is 0 Å². The predicted molar refractivity (Wildman–Crippen MR) is 177 cm³/mol. The second-order valence-electron chi connectivity index (χ2n) is 13.1. The van der Waals surface area contributed by atoms with Gasteiger partial charge in [0.25, 0.3) is 11.8 Å². The molecule has 1 saturated heterocycles. The van der Waals surface area contributed by atoms with Crippen molar-refractivity contribution in [3.8, 4) is 16.9 Å². The van der Waals surface area contributed by atoms with Crippen LogP contribution in [0.1, 0.15) is 42.5 Å². The van der Waals surface area contributed by atoms with E-state index in [0.29, 0.717) is 70.1 Å². The molecule has 0 atom stereocenters. The second kappa shape index (κ2) is 15.1. The number of nitrogens with one attached hydrogen (secondary N) is 1. The highest BCUT2D eigenvalue weighted by Crippen LogP contribution is 2.45. The number of aliphatic hydroxyl groups excluding tert-OH is 1. The molecule has 1 aliphatic carbocycles. The number of amides is 2. The van der Waals surface area contributed by atoms with Crippen molar-refractivity contribution in [1.29, 1.82) is 0 Å². The number of anilines is 1. The zero-order chi connectivity index (χ0) is 39.0. The molecule has 2 amide bonds. The summed E-state index contributed by atoms with van der Waals surface area (Å²) in [7, 11) is 1.46. The molecule has 0 radical (unpaired) electrons. The number of likely N-dealkylation sites (N-methyl/N-ethyl adjacent to an activating group) is 1. The van der Waals surface area contributed by atoms with Crippen molar-refractivity contribution in [2.75, 3.05) is 51.8 Å². The Balaban J connectivity index is 1.29. The molecule has 0 bridgehead atoms. The van der Waals surface area contributed by atoms with Gasteiger partial charge in [-0.05, 0) is 43.2 Å². The Hall–Kier alpha value is -4.81. The maximum atomic E-state index is 15.5. The standard InChI is InChI=1S/C36H35F8N5O5/c1-47-34(10-2-3-11-34)31(50)28(33(52)49(47)20-22-4-8-26(30(38)29(22)37)54-17-14-48-12-15-53-16-13-48)32(51)46-25-7-6-23(35(39,40)41)18-24(25)21-5-9-27(45-19-21)36(42,43)44/h4-9,18-19,50H,2-3,10-17,20H2,1H3,(H,46,51). The third-order valence-corrected chi connectivity index (χ3v) is 9.94. The number of ether oxygens (including phenoxy) is 2. The maximum absolute atomic E-state index is 15.5. The van der Waals surface area contributed by atoms with E-state index in [2.05, 4.69) is 10.3 Å². The number of hydrogen-bond donors (Lipinski definition) is 2. The molecule has 2 N–H and O–H groups in total. The van der Waals surface area contributed by atoms with Gasteiger partial charge in [0, 0.05) is 55.3 Å². The molecule has 1 saturated carbocycles. The molecule has 290 valence electrons. The summed E-state index contributed by atoms with van der Waals surface area (Å²) in [5.41, 5.74) is -5.83. The lowest BCUT2D eigenvalue weighted by Gasteiger charge is -2.48. The number of benzene rings is 2. The van der Waals surface area contributed by atoms with Gasteiger partial charge in [0.15, 0.2) is 11.6 Å². The number of aliphatic hydroxyl groups is 1. The van der Waals surface area contributed by atoms with Crippen LogP contribution in [0.5, 0.6) is 5.75 Å². The molecule has 3 aliphatic rings. The number of alkyl halides is 6. The molecule has 6 rings (SSSR count). The fraction of sp³-hybridized carbons (Fsp3) is 0.417. The van der Waals surface area contributed by atoms with Crippen LogP contribution < -0.4 is 10.1 Å². The lowest BCUT2D eigenvalue weighted by atomic mass is 9.88. The molecule has 3 aromatic rings. The van der Waals surface area contributed by atoms with E-state index in [9.17, 15) is 41.0 Å². The molecule has 54 heavy (non-hydrogen) atoms. The zero-order valence-corrected chi connectivity index (χ0v) is 28.8. The van der Waals surface area contributed by atoms with Crippen molar-refractivity contribution in [2.24, 2.45) is 0 Å². The Labute approximate surface area is 303 Å². The number of carbonyl (C=O) groups excluding carboxylic acids is 2. The van der Waals surface area contributed by atoms with Crippen molar-refractivity contribution in [1.82, 2.24) is 19.9 Å². The minimum Gasteiger partial charge on any atom is -0.509 e. The van der Waals surface area contributed by atoms with Crippen LogP contribution in [-0.4, -0.2) is 88.9 Å². The minimum atomic E-state index is -4.88. The quantitative estimate of drug-likeness (QED) is 0.183. The van der Waals surface area contributed by atoms with E-state index < -0.39 is 70.5 Å². The van der Waals surface area contributed by atoms with E-state index in [1.807, 2.05) is 4.90 Å². The number of morpholine rings is 1. The molecule has 1 aromatic heterocycles. The number of halogens is 8. The number of carbonyl (C=O) groups is 2. The largest absolute Gasteiger partial charge is 0.509 e. The fourth-order valence-corrected chi connectivity index (χ4v) is 6.94. The summed E-state index contributed by atoms with van der Waals surface area (Å²) in [4.78, 5) is 33.3. The van der Waals surface area contributed by atoms with Gasteiger partial charge in [-0.1, -0.05) is 25.0 Å². The SMILES string of the molecule is CN1N(Cc2ccc(OCCN3CCOCC3)c(F)c2F)C(=O)C(C(=O)Nc2ccc(C(F)(F)F)cc2-c2ccc(C(F)(F)F)nc2)=C(O)C12CCCC2. The van der Waals surface area contributed by atoms with Crippen LogP contribution in [0.4, 0.5) is 40.8 Å². The van der Waals surface area contributed by atoms with Gasteiger partial charge in [-0.2, -0.15) is 30.7 Å². The molecule has 18 heteroatoms. The first-order chi connectivity index (χ1) is 25.5. The van der Waals surface area contributed by atoms with Crippen LogP contribution >= 0.6 is 0 Å². The molecule has 2 aliphatic heterocycles. The Morgan fingerprint density at radius 3 is 2.31 bits per heavy atom. The number of pyridine rings is 1. The minimum absolute atomic E-state index is 0.0736. The summed E-state index contributed by atoms with van der Waals surface area (Å²) < 4.78 is 122. The summed E-state index contributed by atoms with van der Waals surface area (Å²) in [5.74, 6) is -5.94. The van der Waals surface area contributed by atoms with Gasteiger partial charge >= 0.3 is 12.4 Å². The van der Waals surface area contributed by atoms with Gasteiger partial charge in [-0.3, -0.25) is 24.5 Å². The predicted octanol–water partition coefficient (Wildman–Crippen LogP) is 6.73. The highest BCUT2D eigenvalue weighted by molar-refractivity contribution is 6.24. The molecule has 3 heterocycles. The molecule has 10 nitrogen and oxygen atoms in total. The number of hydrogen-bond acceptors (Lipinski definition) is 8. The van der Waals surface area contributed by atoms with Gasteiger partial charge in [-0.25, -0.2) is 9.40 Å². The number of aromatic nitrogens is 1. The molecule has 2 fully saturated rings. The van der Waals surface area contributed by atoms with Crippen LogP contribution in [-0.2, 0) is 33.2 Å². The summed E-state index contributed by atoms with van der Waals surface area (Å²) in [6, 6.07) is 5.97. The van der Waals surface area contributed by atoms with Crippen molar-refractivity contribution in [2.45, 2.75) is 50.1 Å². The van der Waals surface area contributed by atoms with E-state index in [4.69, 9.17) is 9.47 Å². The Morgan fingerprint density at radius 1 is 0.981 bits per heavy atom. The summed E-state index contributed by atoms with van der Waals surface area (Å²) in [5, 5.41) is 16.2. The fourth-order valence-electron chi connectivity index (χ4n) is 6.94. The van der Waals surface area contributed by atoms with Gasteiger partial charge in [-0.15, -0.1) is 0 Å². The molecule has 1 spiro atoms. The summed E-state index contributed by atoms with van der Waals surface area (Å²) in [6.07, 6.45) is -7.38. The third-order valence-electron chi connectivity index (χ3n) is 9.94. The normalized spacial score (nSPS) is 18.5. The first kappa shape index (κ1) is 38.9. The molecule has 2 aromatic carbocycles. The maximum Gasteiger partial charge on any atom is 0.433 e. The smallest absolute Gasteiger partial charge is 0.433 e. The second-order valence-corrected chi connectivity index (χ2v) is 13.1. The van der Waals surface area contributed by atoms with Crippen molar-refractivity contribution in [3.05, 3.63) is 88.4 Å². The van der Waals surface area contributed by atoms with Crippen molar-refractivity contribution >= 4 is 17.5 Å². The topological polar surface area (TPSA) is 107 Å². The van der Waals surface area contributed by atoms with E-state index in [0.717, 1.165) is 17.1 Å². The van der Waals surface area contributed by atoms with Gasteiger partial charge < -0.3 is 19.9 Å². The summed E-state index contributed by atoms with van der Waals surface area (Å²) in [6.45, 7) is 2.39. The average Bonchev–Trinajstić information content (AvgIpc) is 3.63. The highest BCUT2D eigenvalue weighted by Gasteiger charge is 2.53. The average molecular weight is 770 g/mol. The Kier molecular flexibility index (Phi) is 10.9. The van der Waals surface area contributed by atoms with Crippen LogP contribution in [0, 0.1) is 11.6 Å². The lowest BCUT2D eigenvalue weighted by Crippen LogP contribution is -2.62. The Morgan fingerprint density at radius 2 is 1.69 bits per heavy atom. The Bertz CT molecular complexity index is 1920. The van der Waals surface area contributed by atoms with Crippen LogP contribution in [0.2, 0.25) is 0 Å². The van der Waals surface area contributed by atoms with Crippen LogP contribution in [0.25, 0.3) is 11.1 Å². The monoisotopic (exact) mass is 769 g/mol.